The van der Waals surface area contributed by atoms with Crippen LogP contribution < -0.4 is 0 Å². The summed E-state index contributed by atoms with van der Waals surface area (Å²) >= 11 is 0. The summed E-state index contributed by atoms with van der Waals surface area (Å²) in [4.78, 5) is 0. The van der Waals surface area contributed by atoms with E-state index in [-0.39, 0.29) is 17.9 Å². The second-order valence-electron chi connectivity index (χ2n) is 8.14. The molecule has 0 fully saturated rings. The van der Waals surface area contributed by atoms with Crippen LogP contribution in [0.15, 0.2) is 46.8 Å². The molecule has 1 aliphatic rings. The normalized spacial score (nSPS) is 26.6. The molecule has 1 aliphatic carbocycles. The van der Waals surface area contributed by atoms with Gasteiger partial charge in [-0.25, -0.2) is 0 Å². The summed E-state index contributed by atoms with van der Waals surface area (Å²) in [6.45, 7) is 10.9. The van der Waals surface area contributed by atoms with Crippen LogP contribution in [0, 0.1) is 11.8 Å². The van der Waals surface area contributed by atoms with Crippen molar-refractivity contribution >= 4 is 0 Å². The Bertz CT molecular complexity index is 564. The molecule has 0 aliphatic heterocycles. The highest BCUT2D eigenvalue weighted by Crippen LogP contribution is 2.34. The molecule has 1 N–H and O–H groups in total. The van der Waals surface area contributed by atoms with Gasteiger partial charge in [-0.1, -0.05) is 41.9 Å². The van der Waals surface area contributed by atoms with Crippen LogP contribution in [0.5, 0.6) is 0 Å². The van der Waals surface area contributed by atoms with Gasteiger partial charge in [0.2, 0.25) is 0 Å². The van der Waals surface area contributed by atoms with E-state index in [1.807, 2.05) is 0 Å². The van der Waals surface area contributed by atoms with Crippen LogP contribution in [-0.4, -0.2) is 31.5 Å². The van der Waals surface area contributed by atoms with Gasteiger partial charge >= 0.3 is 0 Å². The van der Waals surface area contributed by atoms with Crippen molar-refractivity contribution in [2.45, 2.75) is 78.9 Å². The Hall–Kier alpha value is -1.32. The largest absolute Gasteiger partial charge is 0.499 e. The lowest BCUT2D eigenvalue weighted by molar-refractivity contribution is -0.0620. The number of hydrogen-bond donors (Lipinski definition) is 1. The molecule has 154 valence electrons. The maximum atomic E-state index is 10.7. The summed E-state index contributed by atoms with van der Waals surface area (Å²) in [5, 5.41) is 10.7. The second kappa shape index (κ2) is 12.2. The van der Waals surface area contributed by atoms with Gasteiger partial charge < -0.3 is 14.6 Å². The molecular formula is C24H40O3. The van der Waals surface area contributed by atoms with Crippen molar-refractivity contribution in [1.29, 1.82) is 0 Å². The highest BCUT2D eigenvalue weighted by Gasteiger charge is 2.37. The Kier molecular flexibility index (Phi) is 10.7. The van der Waals surface area contributed by atoms with E-state index >= 15 is 0 Å². The van der Waals surface area contributed by atoms with Crippen LogP contribution >= 0.6 is 0 Å². The third-order valence-corrected chi connectivity index (χ3v) is 5.48. The SMILES string of the molecule is COC1=CC(C)C(CC=C(C)CCC=C(C)CCC=C(C)C)C(O)C1OC. The fraction of sp³-hybridized carbons (Fsp3) is 0.667. The highest BCUT2D eigenvalue weighted by molar-refractivity contribution is 5.14. The van der Waals surface area contributed by atoms with Gasteiger partial charge in [-0.15, -0.1) is 0 Å². The van der Waals surface area contributed by atoms with Gasteiger partial charge in [0, 0.05) is 7.11 Å². The van der Waals surface area contributed by atoms with Gasteiger partial charge in [-0.05, 0) is 77.7 Å². The molecule has 0 aromatic heterocycles. The number of aliphatic hydroxyl groups is 1. The van der Waals surface area contributed by atoms with E-state index in [9.17, 15) is 5.11 Å². The maximum absolute atomic E-state index is 10.7. The van der Waals surface area contributed by atoms with Gasteiger partial charge in [0.05, 0.1) is 13.2 Å². The Labute approximate surface area is 166 Å². The first-order chi connectivity index (χ1) is 12.8. The minimum absolute atomic E-state index is 0.158. The monoisotopic (exact) mass is 376 g/mol. The highest BCUT2D eigenvalue weighted by atomic mass is 16.5. The standard InChI is InChI=1S/C24H40O3/c1-17(2)10-8-11-18(3)12-9-13-19(4)14-15-21-20(5)16-22(26-6)24(27-7)23(21)25/h10,12,14,16,20-21,23-25H,8-9,11,13,15H2,1-7H3. The third-order valence-electron chi connectivity index (χ3n) is 5.48. The van der Waals surface area contributed by atoms with E-state index in [2.05, 4.69) is 58.9 Å². The molecule has 3 heteroatoms. The van der Waals surface area contributed by atoms with E-state index in [4.69, 9.17) is 9.47 Å². The zero-order valence-corrected chi connectivity index (χ0v) is 18.4. The lowest BCUT2D eigenvalue weighted by Crippen LogP contribution is -2.42. The molecule has 0 bridgehead atoms. The van der Waals surface area contributed by atoms with Crippen molar-refractivity contribution in [3.8, 4) is 0 Å². The zero-order valence-electron chi connectivity index (χ0n) is 18.4. The fourth-order valence-electron chi connectivity index (χ4n) is 3.65. The predicted octanol–water partition coefficient (Wildman–Crippen LogP) is 5.97. The maximum Gasteiger partial charge on any atom is 0.140 e. The number of allylic oxidation sites excluding steroid dienone is 7. The number of ether oxygens (including phenoxy) is 2. The lowest BCUT2D eigenvalue weighted by atomic mass is 9.78. The van der Waals surface area contributed by atoms with Crippen LogP contribution in [0.4, 0.5) is 0 Å². The van der Waals surface area contributed by atoms with Crippen molar-refractivity contribution in [3.63, 3.8) is 0 Å². The first-order valence-corrected chi connectivity index (χ1v) is 10.2. The fourth-order valence-corrected chi connectivity index (χ4v) is 3.65. The van der Waals surface area contributed by atoms with Gasteiger partial charge in [-0.2, -0.15) is 0 Å². The van der Waals surface area contributed by atoms with Crippen molar-refractivity contribution < 1.29 is 14.6 Å². The molecule has 4 unspecified atom stereocenters. The molecule has 0 saturated heterocycles. The lowest BCUT2D eigenvalue weighted by Gasteiger charge is -2.36. The van der Waals surface area contributed by atoms with Crippen LogP contribution in [0.3, 0.4) is 0 Å². The third kappa shape index (κ3) is 8.06. The summed E-state index contributed by atoms with van der Waals surface area (Å²) < 4.78 is 10.8. The molecule has 0 heterocycles. The summed E-state index contributed by atoms with van der Waals surface area (Å²) in [6, 6.07) is 0. The summed E-state index contributed by atoms with van der Waals surface area (Å²) in [6.07, 6.45) is 13.4. The van der Waals surface area contributed by atoms with Gasteiger partial charge in [0.1, 0.15) is 11.9 Å². The van der Waals surface area contributed by atoms with Crippen molar-refractivity contribution in [3.05, 3.63) is 46.8 Å². The first-order valence-electron chi connectivity index (χ1n) is 10.2. The summed E-state index contributed by atoms with van der Waals surface area (Å²) in [5.74, 6) is 1.16. The van der Waals surface area contributed by atoms with E-state index in [1.54, 1.807) is 14.2 Å². The second-order valence-corrected chi connectivity index (χ2v) is 8.14. The Morgan fingerprint density at radius 3 is 2.15 bits per heavy atom. The van der Waals surface area contributed by atoms with Crippen molar-refractivity contribution in [2.75, 3.05) is 14.2 Å². The average molecular weight is 377 g/mol. The molecule has 0 radical (unpaired) electrons. The Morgan fingerprint density at radius 2 is 1.59 bits per heavy atom. The Balaban J connectivity index is 2.54. The quantitative estimate of drug-likeness (QED) is 0.478. The van der Waals surface area contributed by atoms with Gasteiger partial charge in [-0.3, -0.25) is 0 Å². The first kappa shape index (κ1) is 23.7. The van der Waals surface area contributed by atoms with Crippen LogP contribution in [0.1, 0.15) is 66.7 Å². The van der Waals surface area contributed by atoms with E-state index in [1.165, 1.54) is 16.7 Å². The molecule has 3 nitrogen and oxygen atoms in total. The molecule has 0 saturated carbocycles. The van der Waals surface area contributed by atoms with Crippen LogP contribution in [-0.2, 0) is 9.47 Å². The molecule has 0 spiro atoms. The van der Waals surface area contributed by atoms with E-state index in [0.29, 0.717) is 0 Å². The molecule has 4 atom stereocenters. The molecule has 27 heavy (non-hydrogen) atoms. The molecule has 1 rings (SSSR count). The molecule has 0 aromatic carbocycles. The topological polar surface area (TPSA) is 38.7 Å². The molecule has 0 aromatic rings. The number of methoxy groups -OCH3 is 2. The Morgan fingerprint density at radius 1 is 1.00 bits per heavy atom. The number of aliphatic hydroxyl groups excluding tert-OH is 1. The number of hydrogen-bond acceptors (Lipinski definition) is 3. The van der Waals surface area contributed by atoms with Crippen molar-refractivity contribution in [1.82, 2.24) is 0 Å². The van der Waals surface area contributed by atoms with Crippen LogP contribution in [0.2, 0.25) is 0 Å². The average Bonchev–Trinajstić information content (AvgIpc) is 2.60. The number of rotatable bonds is 10. The van der Waals surface area contributed by atoms with Crippen LogP contribution in [0.25, 0.3) is 0 Å². The zero-order chi connectivity index (χ0) is 20.4. The smallest absolute Gasteiger partial charge is 0.140 e. The van der Waals surface area contributed by atoms with Gasteiger partial charge in [0.25, 0.3) is 0 Å². The molecular weight excluding hydrogens is 336 g/mol. The van der Waals surface area contributed by atoms with E-state index in [0.717, 1.165) is 37.9 Å². The molecule has 0 amide bonds. The predicted molar refractivity (Wildman–Crippen MR) is 115 cm³/mol. The van der Waals surface area contributed by atoms with Crippen molar-refractivity contribution in [2.24, 2.45) is 11.8 Å². The summed E-state index contributed by atoms with van der Waals surface area (Å²) in [7, 11) is 3.26. The van der Waals surface area contributed by atoms with E-state index < -0.39 is 6.10 Å². The summed E-state index contributed by atoms with van der Waals surface area (Å²) in [5.41, 5.74) is 4.25. The minimum atomic E-state index is -0.536. The van der Waals surface area contributed by atoms with Gasteiger partial charge in [0.15, 0.2) is 0 Å². The minimum Gasteiger partial charge on any atom is -0.499 e.